The molecule has 1 spiro atoms. The number of carbonyl (C=O) groups excluding carboxylic acids is 2. The van der Waals surface area contributed by atoms with E-state index in [0.29, 0.717) is 36.6 Å². The van der Waals surface area contributed by atoms with Crippen molar-refractivity contribution >= 4 is 11.9 Å². The average molecular weight is 389 g/mol. The minimum atomic E-state index is -1.07. The van der Waals surface area contributed by atoms with Crippen molar-refractivity contribution < 1.29 is 33.3 Å². The number of carbonyl (C=O) groups is 2. The molecule has 0 radical (unpaired) electrons. The molecule has 1 aromatic rings. The van der Waals surface area contributed by atoms with Gasteiger partial charge in [0.05, 0.1) is 13.2 Å². The van der Waals surface area contributed by atoms with Gasteiger partial charge in [-0.15, -0.1) is 0 Å². The molecule has 150 valence electrons. The molecule has 5 rings (SSSR count). The molecule has 0 unspecified atom stereocenters. The zero-order valence-electron chi connectivity index (χ0n) is 16.0. The molecule has 1 saturated heterocycles. The molecule has 4 aliphatic rings. The Morgan fingerprint density at radius 3 is 2.54 bits per heavy atom. The van der Waals surface area contributed by atoms with E-state index in [9.17, 15) is 9.59 Å². The second-order valence-corrected chi connectivity index (χ2v) is 7.83. The Hall–Kier alpha value is -2.48. The third-order valence-electron chi connectivity index (χ3n) is 6.21. The lowest BCUT2D eigenvalue weighted by molar-refractivity contribution is -0.252. The number of rotatable bonds is 2. The Bertz CT molecular complexity index is 825. The van der Waals surface area contributed by atoms with Gasteiger partial charge in [0.25, 0.3) is 5.79 Å². The number of esters is 2. The van der Waals surface area contributed by atoms with Crippen molar-refractivity contribution in [1.82, 2.24) is 4.90 Å². The fourth-order valence-corrected chi connectivity index (χ4v) is 4.87. The zero-order valence-corrected chi connectivity index (χ0v) is 16.0. The summed E-state index contributed by atoms with van der Waals surface area (Å²) < 4.78 is 28.2. The number of fused-ring (bicyclic) bond motifs is 2. The lowest BCUT2D eigenvalue weighted by atomic mass is 9.83. The van der Waals surface area contributed by atoms with Crippen molar-refractivity contribution in [3.05, 3.63) is 17.2 Å². The summed E-state index contributed by atoms with van der Waals surface area (Å²) in [7, 11) is 3.44. The molecule has 28 heavy (non-hydrogen) atoms. The molecule has 0 bridgehead atoms. The maximum Gasteiger partial charge on any atom is 0.325 e. The highest BCUT2D eigenvalue weighted by atomic mass is 16.7. The molecule has 0 amide bonds. The Labute approximate surface area is 162 Å². The molecular weight excluding hydrogens is 366 g/mol. The lowest BCUT2D eigenvalue weighted by Gasteiger charge is -2.43. The minimum Gasteiger partial charge on any atom is -0.492 e. The molecule has 1 aromatic carbocycles. The summed E-state index contributed by atoms with van der Waals surface area (Å²) in [6.45, 7) is 0.799. The van der Waals surface area contributed by atoms with Crippen LogP contribution in [0.25, 0.3) is 0 Å². The predicted molar refractivity (Wildman–Crippen MR) is 95.1 cm³/mol. The van der Waals surface area contributed by atoms with Crippen LogP contribution < -0.4 is 14.2 Å². The number of methoxy groups -OCH3 is 1. The van der Waals surface area contributed by atoms with Gasteiger partial charge in [-0.2, -0.15) is 0 Å². The quantitative estimate of drug-likeness (QED) is 0.561. The third-order valence-corrected chi connectivity index (χ3v) is 6.21. The maximum atomic E-state index is 13.0. The van der Waals surface area contributed by atoms with Crippen LogP contribution in [0.5, 0.6) is 17.2 Å². The van der Waals surface area contributed by atoms with Gasteiger partial charge in [-0.1, -0.05) is 0 Å². The van der Waals surface area contributed by atoms with Gasteiger partial charge in [0.1, 0.15) is 0 Å². The molecular formula is C20H23NO7. The van der Waals surface area contributed by atoms with Crippen molar-refractivity contribution in [1.29, 1.82) is 0 Å². The molecule has 1 saturated carbocycles. The van der Waals surface area contributed by atoms with Crippen molar-refractivity contribution in [3.8, 4) is 17.2 Å². The van der Waals surface area contributed by atoms with Gasteiger partial charge in [0.15, 0.2) is 17.4 Å². The zero-order chi connectivity index (χ0) is 19.5. The van der Waals surface area contributed by atoms with E-state index in [1.165, 1.54) is 0 Å². The van der Waals surface area contributed by atoms with Crippen molar-refractivity contribution in [2.45, 2.75) is 43.9 Å². The second-order valence-electron chi connectivity index (χ2n) is 7.83. The molecule has 0 N–H and O–H groups in total. The first-order chi connectivity index (χ1) is 13.5. The second kappa shape index (κ2) is 6.27. The number of hydrogen-bond acceptors (Lipinski definition) is 8. The highest BCUT2D eigenvalue weighted by Gasteiger charge is 2.55. The molecule has 3 heterocycles. The Morgan fingerprint density at radius 1 is 1.14 bits per heavy atom. The van der Waals surface area contributed by atoms with Crippen LogP contribution in [0.3, 0.4) is 0 Å². The summed E-state index contributed by atoms with van der Waals surface area (Å²) >= 11 is 0. The summed E-state index contributed by atoms with van der Waals surface area (Å²) in [6.07, 6.45) is 3.64. The largest absolute Gasteiger partial charge is 0.492 e. The molecule has 8 nitrogen and oxygen atoms in total. The van der Waals surface area contributed by atoms with Crippen molar-refractivity contribution in [3.63, 3.8) is 0 Å². The Kier molecular flexibility index (Phi) is 3.94. The van der Waals surface area contributed by atoms with E-state index in [2.05, 4.69) is 0 Å². The molecule has 1 atom stereocenters. The van der Waals surface area contributed by atoms with Crippen LogP contribution in [0.2, 0.25) is 0 Å². The van der Waals surface area contributed by atoms with Crippen LogP contribution in [0.4, 0.5) is 0 Å². The van der Waals surface area contributed by atoms with Crippen LogP contribution >= 0.6 is 0 Å². The van der Waals surface area contributed by atoms with E-state index in [4.69, 9.17) is 23.7 Å². The van der Waals surface area contributed by atoms with Crippen molar-refractivity contribution in [2.75, 3.05) is 27.5 Å². The van der Waals surface area contributed by atoms with Gasteiger partial charge in [0, 0.05) is 24.9 Å². The summed E-state index contributed by atoms with van der Waals surface area (Å²) in [6, 6.07) is 1.37. The lowest BCUT2D eigenvalue weighted by Crippen LogP contribution is -2.53. The number of likely N-dealkylation sites (N-methyl/N-ethyl adjacent to an activating group) is 1. The fourth-order valence-electron chi connectivity index (χ4n) is 4.87. The summed E-state index contributed by atoms with van der Waals surface area (Å²) in [5, 5.41) is 0. The van der Waals surface area contributed by atoms with E-state index in [1.54, 1.807) is 7.11 Å². The third kappa shape index (κ3) is 2.47. The summed E-state index contributed by atoms with van der Waals surface area (Å²) in [5.74, 6) is -1.55. The summed E-state index contributed by atoms with van der Waals surface area (Å²) in [5.41, 5.74) is 1.74. The first-order valence-corrected chi connectivity index (χ1v) is 9.68. The number of benzene rings is 1. The van der Waals surface area contributed by atoms with E-state index >= 15 is 0 Å². The Balaban J connectivity index is 1.58. The standard InChI is InChI=1S/C20H23NO7/c1-21-8-5-11-9-12-16(26-10-25-12)17(24-2)13(11)15(21)14-18(22)27-20(28-19(14)23)6-3-4-7-20/h9,14-15H,3-8,10H2,1-2H3/t15-/m0/s1. The van der Waals surface area contributed by atoms with E-state index in [1.807, 2.05) is 18.0 Å². The van der Waals surface area contributed by atoms with Gasteiger partial charge in [-0.3, -0.25) is 14.5 Å². The Morgan fingerprint density at radius 2 is 1.86 bits per heavy atom. The molecule has 3 aliphatic heterocycles. The highest BCUT2D eigenvalue weighted by molar-refractivity contribution is 5.98. The van der Waals surface area contributed by atoms with Crippen LogP contribution in [0, 0.1) is 5.92 Å². The maximum absolute atomic E-state index is 13.0. The van der Waals surface area contributed by atoms with E-state index in [0.717, 1.165) is 30.4 Å². The molecule has 1 aliphatic carbocycles. The molecule has 8 heteroatoms. The van der Waals surface area contributed by atoms with Crippen molar-refractivity contribution in [2.24, 2.45) is 5.92 Å². The summed E-state index contributed by atoms with van der Waals surface area (Å²) in [4.78, 5) is 28.0. The van der Waals surface area contributed by atoms with E-state index in [-0.39, 0.29) is 6.79 Å². The normalized spacial score (nSPS) is 26.1. The van der Waals surface area contributed by atoms with Gasteiger partial charge < -0.3 is 23.7 Å². The smallest absolute Gasteiger partial charge is 0.325 e. The van der Waals surface area contributed by atoms with E-state index < -0.39 is 29.7 Å². The fraction of sp³-hybridized carbons (Fsp3) is 0.600. The first-order valence-electron chi connectivity index (χ1n) is 9.68. The van der Waals surface area contributed by atoms with Crippen LogP contribution in [-0.4, -0.2) is 50.1 Å². The van der Waals surface area contributed by atoms with Crippen LogP contribution in [0.15, 0.2) is 6.07 Å². The predicted octanol–water partition coefficient (Wildman–Crippen LogP) is 1.94. The monoisotopic (exact) mass is 389 g/mol. The van der Waals surface area contributed by atoms with Gasteiger partial charge >= 0.3 is 11.9 Å². The minimum absolute atomic E-state index is 0.116. The van der Waals surface area contributed by atoms with Gasteiger partial charge in [-0.05, 0) is 37.9 Å². The average Bonchev–Trinajstić information content (AvgIpc) is 3.30. The molecule has 2 fully saturated rings. The number of nitrogens with zero attached hydrogens (tertiary/aromatic N) is 1. The van der Waals surface area contributed by atoms with Crippen LogP contribution in [0.1, 0.15) is 42.9 Å². The van der Waals surface area contributed by atoms with Gasteiger partial charge in [-0.25, -0.2) is 0 Å². The molecule has 0 aromatic heterocycles. The topological polar surface area (TPSA) is 83.5 Å². The number of ether oxygens (including phenoxy) is 5. The highest BCUT2D eigenvalue weighted by Crippen LogP contribution is 2.52. The number of hydrogen-bond donors (Lipinski definition) is 0. The first kappa shape index (κ1) is 17.6. The SMILES string of the molecule is COc1c2c(cc3c1[C@@H](C1C(=O)OC4(CCCC4)OC1=O)N(C)CC3)OCO2. The van der Waals surface area contributed by atoms with Gasteiger partial charge in [0.2, 0.25) is 12.5 Å². The van der Waals surface area contributed by atoms with Crippen LogP contribution in [-0.2, 0) is 25.5 Å².